The largest absolute Gasteiger partial charge is 0.459 e. The number of halogens is 1. The van der Waals surface area contributed by atoms with Gasteiger partial charge in [0.15, 0.2) is 11.7 Å². The van der Waals surface area contributed by atoms with Gasteiger partial charge in [0, 0.05) is 29.1 Å². The Hall–Kier alpha value is -2.33. The Bertz CT molecular complexity index is 969. The molecule has 8 heteroatoms. The number of thiophene rings is 1. The molecular formula is C23H29IN4O2S. The van der Waals surface area contributed by atoms with Crippen molar-refractivity contribution in [2.45, 2.75) is 32.7 Å². The second-order valence-corrected chi connectivity index (χ2v) is 8.49. The fourth-order valence-electron chi connectivity index (χ4n) is 2.92. The Labute approximate surface area is 204 Å². The third kappa shape index (κ3) is 7.39. The van der Waals surface area contributed by atoms with Crippen LogP contribution in [0.25, 0.3) is 0 Å². The second-order valence-electron chi connectivity index (χ2n) is 7.54. The molecule has 0 aliphatic carbocycles. The lowest BCUT2D eigenvalue weighted by atomic mass is 9.91. The van der Waals surface area contributed by atoms with E-state index in [0.29, 0.717) is 12.2 Å². The van der Waals surface area contributed by atoms with Crippen LogP contribution in [0, 0.1) is 0 Å². The highest BCUT2D eigenvalue weighted by molar-refractivity contribution is 14.0. The SMILES string of the molecule is CCNC(=NCc1cccc(NC(=O)c2ccco2)c1)NCC(C)(C)c1cccs1.I. The third-order valence-corrected chi connectivity index (χ3v) is 5.82. The zero-order valence-corrected chi connectivity index (χ0v) is 21.1. The van der Waals surface area contributed by atoms with Crippen LogP contribution in [0.3, 0.4) is 0 Å². The number of anilines is 1. The summed E-state index contributed by atoms with van der Waals surface area (Å²) in [7, 11) is 0. The van der Waals surface area contributed by atoms with Gasteiger partial charge in [-0.25, -0.2) is 4.99 Å². The number of furan rings is 1. The maximum absolute atomic E-state index is 12.2. The molecule has 0 fully saturated rings. The molecule has 3 rings (SSSR count). The van der Waals surface area contributed by atoms with E-state index in [1.165, 1.54) is 11.1 Å². The highest BCUT2D eigenvalue weighted by atomic mass is 127. The molecule has 31 heavy (non-hydrogen) atoms. The van der Waals surface area contributed by atoms with Crippen LogP contribution in [0.4, 0.5) is 5.69 Å². The van der Waals surface area contributed by atoms with E-state index in [9.17, 15) is 4.79 Å². The van der Waals surface area contributed by atoms with Gasteiger partial charge >= 0.3 is 0 Å². The van der Waals surface area contributed by atoms with E-state index >= 15 is 0 Å². The van der Waals surface area contributed by atoms with Crippen molar-refractivity contribution >= 4 is 52.9 Å². The van der Waals surface area contributed by atoms with Crippen molar-refractivity contribution in [3.63, 3.8) is 0 Å². The van der Waals surface area contributed by atoms with Crippen LogP contribution in [0.15, 0.2) is 69.6 Å². The van der Waals surface area contributed by atoms with E-state index in [1.54, 1.807) is 23.5 Å². The number of carbonyl (C=O) groups excluding carboxylic acids is 1. The highest BCUT2D eigenvalue weighted by Gasteiger charge is 2.21. The maximum atomic E-state index is 12.2. The molecule has 1 aromatic carbocycles. The van der Waals surface area contributed by atoms with Crippen molar-refractivity contribution in [1.29, 1.82) is 0 Å². The predicted molar refractivity (Wildman–Crippen MR) is 139 cm³/mol. The molecule has 166 valence electrons. The number of nitrogens with one attached hydrogen (secondary N) is 3. The average molecular weight is 552 g/mol. The quantitative estimate of drug-likeness (QED) is 0.203. The first-order valence-electron chi connectivity index (χ1n) is 9.98. The van der Waals surface area contributed by atoms with Crippen LogP contribution in [0.5, 0.6) is 0 Å². The summed E-state index contributed by atoms with van der Waals surface area (Å²) in [5, 5.41) is 11.7. The molecule has 2 aromatic heterocycles. The fourth-order valence-corrected chi connectivity index (χ4v) is 3.77. The van der Waals surface area contributed by atoms with Gasteiger partial charge in [0.1, 0.15) is 0 Å². The van der Waals surface area contributed by atoms with Gasteiger partial charge in [0.25, 0.3) is 5.91 Å². The zero-order valence-electron chi connectivity index (χ0n) is 18.0. The maximum Gasteiger partial charge on any atom is 0.291 e. The molecule has 0 bridgehead atoms. The predicted octanol–water partition coefficient (Wildman–Crippen LogP) is 5.24. The summed E-state index contributed by atoms with van der Waals surface area (Å²) in [6.45, 7) is 8.55. The van der Waals surface area contributed by atoms with Gasteiger partial charge in [-0.3, -0.25) is 4.79 Å². The van der Waals surface area contributed by atoms with Gasteiger partial charge in [-0.2, -0.15) is 0 Å². The van der Waals surface area contributed by atoms with Gasteiger partial charge in [0.2, 0.25) is 0 Å². The Balaban J connectivity index is 0.00000341. The van der Waals surface area contributed by atoms with Crippen molar-refractivity contribution < 1.29 is 9.21 Å². The molecule has 2 heterocycles. The van der Waals surface area contributed by atoms with E-state index in [2.05, 4.69) is 47.3 Å². The van der Waals surface area contributed by atoms with Crippen LogP contribution < -0.4 is 16.0 Å². The van der Waals surface area contributed by atoms with Gasteiger partial charge in [-0.15, -0.1) is 35.3 Å². The molecule has 3 N–H and O–H groups in total. The lowest BCUT2D eigenvalue weighted by Gasteiger charge is -2.25. The highest BCUT2D eigenvalue weighted by Crippen LogP contribution is 2.26. The minimum Gasteiger partial charge on any atom is -0.459 e. The van der Waals surface area contributed by atoms with Crippen LogP contribution in [-0.4, -0.2) is 25.0 Å². The summed E-state index contributed by atoms with van der Waals surface area (Å²) < 4.78 is 5.13. The third-order valence-electron chi connectivity index (χ3n) is 4.58. The van der Waals surface area contributed by atoms with Crippen LogP contribution >= 0.6 is 35.3 Å². The summed E-state index contributed by atoms with van der Waals surface area (Å²) >= 11 is 1.77. The van der Waals surface area contributed by atoms with Crippen molar-refractivity contribution in [2.75, 3.05) is 18.4 Å². The zero-order chi connectivity index (χ0) is 21.4. The van der Waals surface area contributed by atoms with E-state index in [0.717, 1.165) is 24.6 Å². The molecular weight excluding hydrogens is 523 g/mol. The minimum atomic E-state index is -0.272. The Morgan fingerprint density at radius 1 is 1.13 bits per heavy atom. The first-order valence-corrected chi connectivity index (χ1v) is 10.9. The molecule has 0 saturated heterocycles. The summed E-state index contributed by atoms with van der Waals surface area (Å²) in [5.41, 5.74) is 1.73. The summed E-state index contributed by atoms with van der Waals surface area (Å²) in [4.78, 5) is 18.2. The monoisotopic (exact) mass is 552 g/mol. The molecule has 0 saturated carbocycles. The van der Waals surface area contributed by atoms with E-state index in [1.807, 2.05) is 31.2 Å². The molecule has 0 spiro atoms. The van der Waals surface area contributed by atoms with Gasteiger partial charge < -0.3 is 20.4 Å². The Kier molecular flexibility index (Phi) is 9.57. The normalized spacial score (nSPS) is 11.5. The molecule has 3 aromatic rings. The molecule has 6 nitrogen and oxygen atoms in total. The summed E-state index contributed by atoms with van der Waals surface area (Å²) in [6.07, 6.45) is 1.48. The Morgan fingerprint density at radius 2 is 1.97 bits per heavy atom. The number of carbonyl (C=O) groups is 1. The summed E-state index contributed by atoms with van der Waals surface area (Å²) in [5.74, 6) is 0.782. The molecule has 0 aliphatic rings. The van der Waals surface area contributed by atoms with Crippen molar-refractivity contribution in [3.05, 3.63) is 76.4 Å². The molecule has 0 atom stereocenters. The van der Waals surface area contributed by atoms with E-state index < -0.39 is 0 Å². The van der Waals surface area contributed by atoms with Crippen LogP contribution in [0.2, 0.25) is 0 Å². The number of rotatable bonds is 8. The van der Waals surface area contributed by atoms with E-state index in [-0.39, 0.29) is 41.1 Å². The number of hydrogen-bond donors (Lipinski definition) is 3. The van der Waals surface area contributed by atoms with E-state index in [4.69, 9.17) is 9.41 Å². The topological polar surface area (TPSA) is 78.7 Å². The number of amides is 1. The summed E-state index contributed by atoms with van der Waals surface area (Å²) in [6, 6.07) is 15.2. The van der Waals surface area contributed by atoms with Crippen LogP contribution in [0.1, 0.15) is 41.8 Å². The molecule has 0 radical (unpaired) electrons. The van der Waals surface area contributed by atoms with Crippen molar-refractivity contribution in [1.82, 2.24) is 10.6 Å². The van der Waals surface area contributed by atoms with Crippen molar-refractivity contribution in [2.24, 2.45) is 4.99 Å². The van der Waals surface area contributed by atoms with Crippen molar-refractivity contribution in [3.8, 4) is 0 Å². The average Bonchev–Trinajstić information content (AvgIpc) is 3.45. The van der Waals surface area contributed by atoms with Crippen LogP contribution in [-0.2, 0) is 12.0 Å². The molecule has 1 amide bonds. The number of aliphatic imine (C=N–C) groups is 1. The fraction of sp³-hybridized carbons (Fsp3) is 0.304. The first-order chi connectivity index (χ1) is 14.5. The smallest absolute Gasteiger partial charge is 0.291 e. The molecule has 0 unspecified atom stereocenters. The second kappa shape index (κ2) is 11.9. The molecule has 0 aliphatic heterocycles. The lowest BCUT2D eigenvalue weighted by molar-refractivity contribution is 0.0996. The van der Waals surface area contributed by atoms with Gasteiger partial charge in [-0.05, 0) is 48.2 Å². The standard InChI is InChI=1S/C23H28N4O2S.HI/c1-4-24-22(26-16-23(2,3)20-11-7-13-30-20)25-15-17-8-5-9-18(14-17)27-21(28)19-10-6-12-29-19;/h5-14H,4,15-16H2,1-3H3,(H,27,28)(H2,24,25,26);1H. The minimum absolute atomic E-state index is 0. The Morgan fingerprint density at radius 3 is 2.65 bits per heavy atom. The first kappa shape index (κ1) is 24.9. The number of nitrogens with zero attached hydrogens (tertiary/aromatic N) is 1. The number of benzene rings is 1. The number of guanidine groups is 1. The van der Waals surface area contributed by atoms with Gasteiger partial charge in [0.05, 0.1) is 12.8 Å². The number of hydrogen-bond acceptors (Lipinski definition) is 4. The van der Waals surface area contributed by atoms with Gasteiger partial charge in [-0.1, -0.05) is 32.0 Å². The lowest BCUT2D eigenvalue weighted by Crippen LogP contribution is -2.43.